The summed E-state index contributed by atoms with van der Waals surface area (Å²) in [7, 11) is -3.52. The van der Waals surface area contributed by atoms with E-state index in [2.05, 4.69) is 11.9 Å². The van der Waals surface area contributed by atoms with Crippen molar-refractivity contribution in [2.45, 2.75) is 38.6 Å². The lowest BCUT2D eigenvalue weighted by Gasteiger charge is -2.34. The Morgan fingerprint density at radius 3 is 2.31 bits per heavy atom. The van der Waals surface area contributed by atoms with Crippen molar-refractivity contribution in [3.63, 3.8) is 0 Å². The monoisotopic (exact) mass is 380 g/mol. The molecule has 6 nitrogen and oxygen atoms in total. The van der Waals surface area contributed by atoms with Crippen molar-refractivity contribution in [2.24, 2.45) is 0 Å². The second-order valence-electron chi connectivity index (χ2n) is 7.05. The summed E-state index contributed by atoms with van der Waals surface area (Å²) in [5.74, 6) is -0.0265. The van der Waals surface area contributed by atoms with Crippen LogP contribution in [0.15, 0.2) is 29.7 Å². The number of benzene rings is 1. The SMILES string of the molecule is C=CCNC(=O)[C@@H](C)[NH+]1CCN(S(=O)(=O)c2c(C)cc(C)cc2C)CC1. The average Bonchev–Trinajstić information content (AvgIpc) is 2.58. The van der Waals surface area contributed by atoms with E-state index in [0.717, 1.165) is 21.6 Å². The molecule has 0 aromatic heterocycles. The van der Waals surface area contributed by atoms with Gasteiger partial charge >= 0.3 is 0 Å². The largest absolute Gasteiger partial charge is 0.347 e. The predicted molar refractivity (Wildman–Crippen MR) is 103 cm³/mol. The number of amides is 1. The van der Waals surface area contributed by atoms with Crippen molar-refractivity contribution in [2.75, 3.05) is 32.7 Å². The van der Waals surface area contributed by atoms with E-state index in [-0.39, 0.29) is 11.9 Å². The minimum Gasteiger partial charge on any atom is -0.347 e. The van der Waals surface area contributed by atoms with Crippen molar-refractivity contribution in [1.29, 1.82) is 0 Å². The first-order valence-electron chi connectivity index (χ1n) is 8.99. The van der Waals surface area contributed by atoms with Gasteiger partial charge in [-0.05, 0) is 38.8 Å². The first kappa shape index (κ1) is 20.6. The maximum absolute atomic E-state index is 13.1. The number of hydrogen-bond acceptors (Lipinski definition) is 3. The molecular formula is C19H30N3O3S+. The number of quaternary nitrogens is 1. The van der Waals surface area contributed by atoms with Crippen LogP contribution in [0.1, 0.15) is 23.6 Å². The van der Waals surface area contributed by atoms with Crippen molar-refractivity contribution >= 4 is 15.9 Å². The van der Waals surface area contributed by atoms with Crippen LogP contribution in [0, 0.1) is 20.8 Å². The van der Waals surface area contributed by atoms with E-state index in [4.69, 9.17) is 0 Å². The molecule has 0 radical (unpaired) electrons. The highest BCUT2D eigenvalue weighted by atomic mass is 32.2. The Labute approximate surface area is 156 Å². The van der Waals surface area contributed by atoms with Crippen LogP contribution in [0.4, 0.5) is 0 Å². The van der Waals surface area contributed by atoms with Crippen LogP contribution in [-0.2, 0) is 14.8 Å². The molecule has 2 rings (SSSR count). The molecule has 0 bridgehead atoms. The predicted octanol–water partition coefficient (Wildman–Crippen LogP) is 0.192. The molecule has 2 N–H and O–H groups in total. The van der Waals surface area contributed by atoms with Gasteiger partial charge in [-0.3, -0.25) is 4.79 Å². The second kappa shape index (κ2) is 8.33. The number of piperazine rings is 1. The molecule has 0 spiro atoms. The molecule has 1 amide bonds. The fourth-order valence-electron chi connectivity index (χ4n) is 3.66. The lowest BCUT2D eigenvalue weighted by Crippen LogP contribution is -3.19. The van der Waals surface area contributed by atoms with Gasteiger partial charge in [0.1, 0.15) is 0 Å². The normalized spacial score (nSPS) is 17.7. The number of carbonyl (C=O) groups is 1. The van der Waals surface area contributed by atoms with E-state index >= 15 is 0 Å². The first-order valence-corrected chi connectivity index (χ1v) is 10.4. The molecule has 1 atom stereocenters. The van der Waals surface area contributed by atoms with Gasteiger partial charge in [-0.1, -0.05) is 23.8 Å². The fraction of sp³-hybridized carbons (Fsp3) is 0.526. The van der Waals surface area contributed by atoms with Crippen LogP contribution in [0.5, 0.6) is 0 Å². The van der Waals surface area contributed by atoms with E-state index in [1.165, 1.54) is 0 Å². The van der Waals surface area contributed by atoms with Crippen molar-refractivity contribution in [1.82, 2.24) is 9.62 Å². The van der Waals surface area contributed by atoms with Crippen LogP contribution in [0.25, 0.3) is 0 Å². The Morgan fingerprint density at radius 1 is 1.27 bits per heavy atom. The quantitative estimate of drug-likeness (QED) is 0.693. The zero-order valence-electron chi connectivity index (χ0n) is 16.1. The number of rotatable bonds is 6. The van der Waals surface area contributed by atoms with E-state index in [0.29, 0.717) is 37.6 Å². The summed E-state index contributed by atoms with van der Waals surface area (Å²) in [5, 5.41) is 2.81. The number of hydrogen-bond donors (Lipinski definition) is 2. The molecule has 0 saturated carbocycles. The first-order chi connectivity index (χ1) is 12.2. The molecule has 26 heavy (non-hydrogen) atoms. The van der Waals surface area contributed by atoms with Gasteiger partial charge in [-0.25, -0.2) is 8.42 Å². The van der Waals surface area contributed by atoms with E-state index in [1.807, 2.05) is 39.8 Å². The zero-order chi connectivity index (χ0) is 19.5. The highest BCUT2D eigenvalue weighted by molar-refractivity contribution is 7.89. The standard InChI is InChI=1S/C19H29N3O3S/c1-6-7-20-19(23)17(5)21-8-10-22(11-9-21)26(24,25)18-15(3)12-14(2)13-16(18)4/h6,12-13,17H,1,7-11H2,2-5H3,(H,20,23)/p+1/t17-/m1/s1. The maximum Gasteiger partial charge on any atom is 0.278 e. The Hall–Kier alpha value is -1.70. The molecule has 1 aromatic rings. The topological polar surface area (TPSA) is 70.9 Å². The number of aryl methyl sites for hydroxylation is 3. The highest BCUT2D eigenvalue weighted by Crippen LogP contribution is 2.25. The van der Waals surface area contributed by atoms with E-state index in [9.17, 15) is 13.2 Å². The molecule has 1 saturated heterocycles. The fourth-order valence-corrected chi connectivity index (χ4v) is 5.51. The Kier molecular flexibility index (Phi) is 6.60. The van der Waals surface area contributed by atoms with E-state index in [1.54, 1.807) is 10.4 Å². The molecule has 1 fully saturated rings. The summed E-state index contributed by atoms with van der Waals surface area (Å²) < 4.78 is 27.8. The summed E-state index contributed by atoms with van der Waals surface area (Å²) in [6, 6.07) is 3.61. The Balaban J connectivity index is 2.10. The minimum absolute atomic E-state index is 0.0265. The van der Waals surface area contributed by atoms with Gasteiger partial charge in [0, 0.05) is 6.54 Å². The molecule has 0 aliphatic carbocycles. The third-order valence-electron chi connectivity index (χ3n) is 4.99. The highest BCUT2D eigenvalue weighted by Gasteiger charge is 2.35. The molecule has 1 aromatic carbocycles. The van der Waals surface area contributed by atoms with Crippen LogP contribution in [-0.4, -0.2) is 57.4 Å². The van der Waals surface area contributed by atoms with E-state index < -0.39 is 10.0 Å². The minimum atomic E-state index is -3.52. The number of carbonyl (C=O) groups excluding carboxylic acids is 1. The third-order valence-corrected chi connectivity index (χ3v) is 7.20. The van der Waals surface area contributed by atoms with Crippen molar-refractivity contribution in [3.05, 3.63) is 41.5 Å². The van der Waals surface area contributed by atoms with Crippen molar-refractivity contribution < 1.29 is 18.1 Å². The Bertz CT molecular complexity index is 758. The van der Waals surface area contributed by atoms with Crippen molar-refractivity contribution in [3.8, 4) is 0 Å². The number of sulfonamides is 1. The molecule has 0 unspecified atom stereocenters. The molecule has 1 heterocycles. The lowest BCUT2D eigenvalue weighted by atomic mass is 10.1. The Morgan fingerprint density at radius 2 is 1.81 bits per heavy atom. The molecule has 1 aliphatic rings. The maximum atomic E-state index is 13.1. The third kappa shape index (κ3) is 4.34. The van der Waals surface area contributed by atoms with Crippen LogP contribution in [0.2, 0.25) is 0 Å². The second-order valence-corrected chi connectivity index (χ2v) is 8.92. The van der Waals surface area contributed by atoms with Crippen LogP contribution in [0.3, 0.4) is 0 Å². The summed E-state index contributed by atoms with van der Waals surface area (Å²) in [5.41, 5.74) is 2.64. The number of nitrogens with one attached hydrogen (secondary N) is 2. The lowest BCUT2D eigenvalue weighted by molar-refractivity contribution is -0.917. The molecular weight excluding hydrogens is 350 g/mol. The van der Waals surface area contributed by atoms with Gasteiger partial charge in [0.05, 0.1) is 31.1 Å². The summed E-state index contributed by atoms with van der Waals surface area (Å²) in [6.07, 6.45) is 1.65. The number of nitrogens with zero attached hydrogens (tertiary/aromatic N) is 1. The van der Waals surface area contributed by atoms with Gasteiger partial charge in [-0.2, -0.15) is 4.31 Å². The zero-order valence-corrected chi connectivity index (χ0v) is 16.9. The van der Waals surface area contributed by atoms with Gasteiger partial charge in [-0.15, -0.1) is 6.58 Å². The van der Waals surface area contributed by atoms with Gasteiger partial charge in [0.15, 0.2) is 6.04 Å². The molecule has 1 aliphatic heterocycles. The summed E-state index contributed by atoms with van der Waals surface area (Å²) in [6.45, 7) is 13.7. The molecule has 7 heteroatoms. The summed E-state index contributed by atoms with van der Waals surface area (Å²) >= 11 is 0. The smallest absolute Gasteiger partial charge is 0.278 e. The van der Waals surface area contributed by atoms with Gasteiger partial charge in [0.25, 0.3) is 5.91 Å². The van der Waals surface area contributed by atoms with Gasteiger partial charge < -0.3 is 10.2 Å². The average molecular weight is 381 g/mol. The summed E-state index contributed by atoms with van der Waals surface area (Å²) in [4.78, 5) is 13.6. The van der Waals surface area contributed by atoms with Crippen LogP contribution >= 0.6 is 0 Å². The van der Waals surface area contributed by atoms with Crippen LogP contribution < -0.4 is 10.2 Å². The van der Waals surface area contributed by atoms with Gasteiger partial charge in [0.2, 0.25) is 10.0 Å². The molecule has 144 valence electrons.